The molecule has 0 amide bonds. The molecule has 2 nitrogen and oxygen atoms in total. The zero-order chi connectivity index (χ0) is 10.4. The van der Waals surface area contributed by atoms with Gasteiger partial charge in [-0.15, -0.1) is 0 Å². The van der Waals surface area contributed by atoms with Gasteiger partial charge in [-0.3, -0.25) is 0 Å². The van der Waals surface area contributed by atoms with Crippen molar-refractivity contribution in [1.29, 1.82) is 0 Å². The van der Waals surface area contributed by atoms with Crippen LogP contribution in [0.15, 0.2) is 0 Å². The molecular weight excluding hydrogens is 176 g/mol. The van der Waals surface area contributed by atoms with Crippen LogP contribution in [0.2, 0.25) is 0 Å². The highest BCUT2D eigenvalue weighted by Gasteiger charge is 2.51. The first-order chi connectivity index (χ1) is 6.44. The number of hydrogen-bond donors (Lipinski definition) is 1. The molecule has 1 aliphatic carbocycles. The van der Waals surface area contributed by atoms with Crippen molar-refractivity contribution in [3.8, 4) is 0 Å². The SMILES string of the molecule is CC1CC(C)(C)CC12CC(O)CCO2. The van der Waals surface area contributed by atoms with E-state index < -0.39 is 0 Å². The second-order valence-electron chi connectivity index (χ2n) is 6.01. The Morgan fingerprint density at radius 3 is 2.50 bits per heavy atom. The van der Waals surface area contributed by atoms with Gasteiger partial charge in [0.2, 0.25) is 0 Å². The molecule has 1 spiro atoms. The van der Waals surface area contributed by atoms with E-state index in [1.807, 2.05) is 0 Å². The van der Waals surface area contributed by atoms with E-state index in [0.717, 1.165) is 25.9 Å². The molecule has 2 fully saturated rings. The van der Waals surface area contributed by atoms with E-state index >= 15 is 0 Å². The molecule has 3 atom stereocenters. The zero-order valence-electron chi connectivity index (χ0n) is 9.55. The highest BCUT2D eigenvalue weighted by atomic mass is 16.5. The minimum Gasteiger partial charge on any atom is -0.393 e. The summed E-state index contributed by atoms with van der Waals surface area (Å²) in [7, 11) is 0. The molecule has 0 aromatic rings. The van der Waals surface area contributed by atoms with Gasteiger partial charge in [-0.25, -0.2) is 0 Å². The Kier molecular flexibility index (Phi) is 2.39. The Labute approximate surface area is 86.6 Å². The maximum atomic E-state index is 9.74. The average Bonchev–Trinajstić information content (AvgIpc) is 2.20. The van der Waals surface area contributed by atoms with E-state index in [1.54, 1.807) is 0 Å². The molecule has 3 unspecified atom stereocenters. The molecule has 0 aromatic carbocycles. The van der Waals surface area contributed by atoms with E-state index in [2.05, 4.69) is 20.8 Å². The predicted octanol–water partition coefficient (Wildman–Crippen LogP) is 2.35. The van der Waals surface area contributed by atoms with Crippen molar-refractivity contribution < 1.29 is 9.84 Å². The summed E-state index contributed by atoms with van der Waals surface area (Å²) in [6.07, 6.45) is 3.85. The number of aliphatic hydroxyl groups excluding tert-OH is 1. The van der Waals surface area contributed by atoms with E-state index in [0.29, 0.717) is 11.3 Å². The summed E-state index contributed by atoms with van der Waals surface area (Å²) in [4.78, 5) is 0. The molecule has 1 aliphatic heterocycles. The lowest BCUT2D eigenvalue weighted by molar-refractivity contribution is -0.137. The third-order valence-corrected chi connectivity index (χ3v) is 3.96. The summed E-state index contributed by atoms with van der Waals surface area (Å²) < 4.78 is 5.98. The second kappa shape index (κ2) is 3.21. The maximum absolute atomic E-state index is 9.74. The first-order valence-electron chi connectivity index (χ1n) is 5.76. The molecule has 82 valence electrons. The first kappa shape index (κ1) is 10.4. The summed E-state index contributed by atoms with van der Waals surface area (Å²) in [5.74, 6) is 0.590. The van der Waals surface area contributed by atoms with Gasteiger partial charge in [0.15, 0.2) is 0 Å². The van der Waals surface area contributed by atoms with Gasteiger partial charge in [-0.2, -0.15) is 0 Å². The number of rotatable bonds is 0. The summed E-state index contributed by atoms with van der Waals surface area (Å²) in [6, 6.07) is 0. The normalized spacial score (nSPS) is 47.1. The van der Waals surface area contributed by atoms with Crippen LogP contribution in [0.1, 0.15) is 46.5 Å². The van der Waals surface area contributed by atoms with Gasteiger partial charge >= 0.3 is 0 Å². The van der Waals surface area contributed by atoms with Crippen molar-refractivity contribution in [2.24, 2.45) is 11.3 Å². The van der Waals surface area contributed by atoms with Crippen LogP contribution >= 0.6 is 0 Å². The van der Waals surface area contributed by atoms with E-state index in [4.69, 9.17) is 4.74 Å². The molecule has 1 N–H and O–H groups in total. The number of hydrogen-bond acceptors (Lipinski definition) is 2. The summed E-state index contributed by atoms with van der Waals surface area (Å²) in [6.45, 7) is 7.62. The van der Waals surface area contributed by atoms with Crippen molar-refractivity contribution in [3.63, 3.8) is 0 Å². The average molecular weight is 198 g/mol. The third kappa shape index (κ3) is 1.70. The molecule has 2 rings (SSSR count). The van der Waals surface area contributed by atoms with Crippen molar-refractivity contribution in [2.75, 3.05) is 6.61 Å². The van der Waals surface area contributed by atoms with Crippen LogP contribution in [0.3, 0.4) is 0 Å². The quantitative estimate of drug-likeness (QED) is 0.647. The number of aliphatic hydroxyl groups is 1. The van der Waals surface area contributed by atoms with E-state index in [1.165, 1.54) is 6.42 Å². The lowest BCUT2D eigenvalue weighted by atomic mass is 9.82. The molecule has 1 heterocycles. The molecule has 0 bridgehead atoms. The molecule has 0 aromatic heterocycles. The topological polar surface area (TPSA) is 29.5 Å². The molecular formula is C12H22O2. The van der Waals surface area contributed by atoms with Crippen molar-refractivity contribution in [1.82, 2.24) is 0 Å². The Balaban J connectivity index is 2.15. The Morgan fingerprint density at radius 2 is 2.00 bits per heavy atom. The van der Waals surface area contributed by atoms with E-state index in [9.17, 15) is 5.11 Å². The van der Waals surface area contributed by atoms with Gasteiger partial charge in [0, 0.05) is 13.0 Å². The maximum Gasteiger partial charge on any atom is 0.0737 e. The van der Waals surface area contributed by atoms with Crippen molar-refractivity contribution in [3.05, 3.63) is 0 Å². The minimum absolute atomic E-state index is 0.0127. The fraction of sp³-hybridized carbons (Fsp3) is 1.00. The Morgan fingerprint density at radius 1 is 1.29 bits per heavy atom. The van der Waals surface area contributed by atoms with Crippen LogP contribution in [0.5, 0.6) is 0 Å². The highest BCUT2D eigenvalue weighted by Crippen LogP contribution is 2.52. The van der Waals surface area contributed by atoms with Gasteiger partial charge in [-0.1, -0.05) is 20.8 Å². The molecule has 2 heteroatoms. The smallest absolute Gasteiger partial charge is 0.0737 e. The van der Waals surface area contributed by atoms with E-state index in [-0.39, 0.29) is 11.7 Å². The lowest BCUT2D eigenvalue weighted by Gasteiger charge is -2.40. The molecule has 0 radical (unpaired) electrons. The first-order valence-corrected chi connectivity index (χ1v) is 5.76. The Hall–Kier alpha value is -0.0800. The van der Waals surface area contributed by atoms with Crippen LogP contribution in [0, 0.1) is 11.3 Å². The number of ether oxygens (including phenoxy) is 1. The standard InChI is InChI=1S/C12H22O2/c1-9-6-11(2,3)8-12(9)7-10(13)4-5-14-12/h9-10,13H,4-8H2,1-3H3. The molecule has 2 aliphatic rings. The fourth-order valence-corrected chi connectivity index (χ4v) is 3.50. The summed E-state index contributed by atoms with van der Waals surface area (Å²) in [5.41, 5.74) is 0.373. The zero-order valence-corrected chi connectivity index (χ0v) is 9.55. The van der Waals surface area contributed by atoms with Crippen molar-refractivity contribution in [2.45, 2.75) is 58.2 Å². The fourth-order valence-electron chi connectivity index (χ4n) is 3.50. The Bertz CT molecular complexity index is 224. The highest BCUT2D eigenvalue weighted by molar-refractivity contribution is 5.02. The van der Waals surface area contributed by atoms with Crippen LogP contribution in [0.4, 0.5) is 0 Å². The molecule has 14 heavy (non-hydrogen) atoms. The van der Waals surface area contributed by atoms with Crippen LogP contribution in [-0.2, 0) is 4.74 Å². The van der Waals surface area contributed by atoms with Crippen LogP contribution in [-0.4, -0.2) is 23.4 Å². The summed E-state index contributed by atoms with van der Waals surface area (Å²) >= 11 is 0. The van der Waals surface area contributed by atoms with Gasteiger partial charge in [-0.05, 0) is 30.6 Å². The molecule has 1 saturated carbocycles. The monoisotopic (exact) mass is 198 g/mol. The van der Waals surface area contributed by atoms with Gasteiger partial charge in [0.05, 0.1) is 11.7 Å². The van der Waals surface area contributed by atoms with Crippen LogP contribution < -0.4 is 0 Å². The molecule has 1 saturated heterocycles. The van der Waals surface area contributed by atoms with Gasteiger partial charge in [0.25, 0.3) is 0 Å². The summed E-state index contributed by atoms with van der Waals surface area (Å²) in [5, 5.41) is 9.74. The largest absolute Gasteiger partial charge is 0.393 e. The van der Waals surface area contributed by atoms with Crippen LogP contribution in [0.25, 0.3) is 0 Å². The predicted molar refractivity (Wildman–Crippen MR) is 56.1 cm³/mol. The minimum atomic E-state index is -0.139. The lowest BCUT2D eigenvalue weighted by Crippen LogP contribution is -2.44. The van der Waals surface area contributed by atoms with Gasteiger partial charge < -0.3 is 9.84 Å². The second-order valence-corrected chi connectivity index (χ2v) is 6.01. The third-order valence-electron chi connectivity index (χ3n) is 3.96. The van der Waals surface area contributed by atoms with Gasteiger partial charge in [0.1, 0.15) is 0 Å². The van der Waals surface area contributed by atoms with Crippen molar-refractivity contribution >= 4 is 0 Å².